The molecule has 4 rings (SSSR count). The zero-order valence-corrected chi connectivity index (χ0v) is 14.0. The summed E-state index contributed by atoms with van der Waals surface area (Å²) in [6.45, 7) is 1.43. The number of carbonyl (C=O) groups excluding carboxylic acids is 1. The Bertz CT molecular complexity index is 804. The normalized spacial score (nSPS) is 25.4. The molecule has 0 bridgehead atoms. The maximum Gasteiger partial charge on any atom is 0.290 e. The average molecular weight is 338 g/mol. The molecule has 3 atom stereocenters. The Labute approximate surface area is 146 Å². The van der Waals surface area contributed by atoms with Gasteiger partial charge in [0.2, 0.25) is 5.91 Å². The summed E-state index contributed by atoms with van der Waals surface area (Å²) < 4.78 is 0. The predicted molar refractivity (Wildman–Crippen MR) is 95.5 cm³/mol. The Morgan fingerprint density at radius 2 is 2.12 bits per heavy atom. The Morgan fingerprint density at radius 3 is 2.92 bits per heavy atom. The van der Waals surface area contributed by atoms with Crippen LogP contribution in [0.4, 0.5) is 5.82 Å². The van der Waals surface area contributed by atoms with Crippen LogP contribution >= 0.6 is 0 Å². The van der Waals surface area contributed by atoms with Crippen LogP contribution in [0.25, 0.3) is 0 Å². The second kappa shape index (κ2) is 6.70. The molecule has 1 saturated carbocycles. The van der Waals surface area contributed by atoms with Crippen molar-refractivity contribution in [1.29, 1.82) is 0 Å². The van der Waals surface area contributed by atoms with Crippen molar-refractivity contribution in [1.82, 2.24) is 15.3 Å². The van der Waals surface area contributed by atoms with E-state index in [1.54, 1.807) is 6.20 Å². The number of hydrogen-bond acceptors (Lipinski definition) is 4. The van der Waals surface area contributed by atoms with Gasteiger partial charge in [-0.15, -0.1) is 0 Å². The summed E-state index contributed by atoms with van der Waals surface area (Å²) in [6.07, 6.45) is 5.93. The van der Waals surface area contributed by atoms with E-state index in [-0.39, 0.29) is 23.4 Å². The van der Waals surface area contributed by atoms with E-state index < -0.39 is 0 Å². The Hall–Kier alpha value is -2.63. The largest absolute Gasteiger partial charge is 0.351 e. The molecule has 1 amide bonds. The average Bonchev–Trinajstić information content (AvgIpc) is 3.44. The van der Waals surface area contributed by atoms with Crippen molar-refractivity contribution in [2.75, 3.05) is 18.0 Å². The third-order valence-corrected chi connectivity index (χ3v) is 5.11. The summed E-state index contributed by atoms with van der Waals surface area (Å²) in [6, 6.07) is 10.3. The van der Waals surface area contributed by atoms with Crippen molar-refractivity contribution in [3.8, 4) is 0 Å². The molecular weight excluding hydrogens is 316 g/mol. The van der Waals surface area contributed by atoms with Gasteiger partial charge in [0.15, 0.2) is 5.82 Å². The lowest BCUT2D eigenvalue weighted by Crippen LogP contribution is -2.49. The van der Waals surface area contributed by atoms with Gasteiger partial charge in [0.1, 0.15) is 0 Å². The lowest BCUT2D eigenvalue weighted by atomic mass is 10.0. The van der Waals surface area contributed by atoms with E-state index >= 15 is 0 Å². The molecule has 25 heavy (non-hydrogen) atoms. The molecule has 6 heteroatoms. The number of aromatic amines is 1. The number of hydrogen-bond donors (Lipinski definition) is 2. The van der Waals surface area contributed by atoms with Gasteiger partial charge >= 0.3 is 0 Å². The number of H-pyrrole nitrogens is 1. The highest BCUT2D eigenvalue weighted by molar-refractivity contribution is 5.83. The lowest BCUT2D eigenvalue weighted by Gasteiger charge is -2.33. The Morgan fingerprint density at radius 1 is 1.28 bits per heavy atom. The minimum atomic E-state index is -0.180. The van der Waals surface area contributed by atoms with E-state index in [4.69, 9.17) is 0 Å². The molecule has 1 aromatic carbocycles. The molecule has 6 nitrogen and oxygen atoms in total. The molecule has 1 aromatic heterocycles. The van der Waals surface area contributed by atoms with Crippen LogP contribution in [0.5, 0.6) is 0 Å². The standard InChI is InChI=1S/C19H22N4O2/c24-18(16-11-15(16)13-5-2-1-3-6-13)22-14-7-4-10-23(12-14)17-19(25)21-9-8-20-17/h1-3,5-6,8-9,14-16H,4,7,10-12H2,(H,21,25)(H,22,24)/t14-,15+,16+/m1/s1. The molecule has 1 aliphatic heterocycles. The van der Waals surface area contributed by atoms with Gasteiger partial charge in [-0.05, 0) is 30.7 Å². The highest BCUT2D eigenvalue weighted by atomic mass is 16.2. The molecule has 2 N–H and O–H groups in total. The van der Waals surface area contributed by atoms with Gasteiger partial charge in [-0.25, -0.2) is 4.98 Å². The number of anilines is 1. The molecule has 0 unspecified atom stereocenters. The second-order valence-corrected chi connectivity index (χ2v) is 6.90. The van der Waals surface area contributed by atoms with Crippen molar-refractivity contribution < 1.29 is 4.79 Å². The highest BCUT2D eigenvalue weighted by Crippen LogP contribution is 2.47. The summed E-state index contributed by atoms with van der Waals surface area (Å²) in [5, 5.41) is 3.18. The zero-order valence-electron chi connectivity index (χ0n) is 14.0. The number of aromatic nitrogens is 2. The summed E-state index contributed by atoms with van der Waals surface area (Å²) >= 11 is 0. The first-order chi connectivity index (χ1) is 12.2. The molecule has 0 radical (unpaired) electrons. The van der Waals surface area contributed by atoms with Crippen LogP contribution in [-0.2, 0) is 4.79 Å². The fraction of sp³-hybridized carbons (Fsp3) is 0.421. The number of benzene rings is 1. The molecule has 2 fully saturated rings. The minimum absolute atomic E-state index is 0.0691. The van der Waals surface area contributed by atoms with Gasteiger partial charge in [0.05, 0.1) is 0 Å². The minimum Gasteiger partial charge on any atom is -0.351 e. The topological polar surface area (TPSA) is 78.1 Å². The smallest absolute Gasteiger partial charge is 0.290 e. The third kappa shape index (κ3) is 3.43. The zero-order chi connectivity index (χ0) is 17.2. The molecule has 2 heterocycles. The SMILES string of the molecule is O=C(N[C@@H]1CCCN(c2ncc[nH]c2=O)C1)[C@H]1C[C@H]1c1ccccc1. The molecule has 2 aliphatic rings. The van der Waals surface area contributed by atoms with E-state index in [0.29, 0.717) is 18.3 Å². The van der Waals surface area contributed by atoms with Crippen molar-refractivity contribution in [3.63, 3.8) is 0 Å². The van der Waals surface area contributed by atoms with Crippen LogP contribution in [0, 0.1) is 5.92 Å². The predicted octanol–water partition coefficient (Wildman–Crippen LogP) is 1.66. The summed E-state index contributed by atoms with van der Waals surface area (Å²) in [7, 11) is 0. The second-order valence-electron chi connectivity index (χ2n) is 6.90. The van der Waals surface area contributed by atoms with Crippen LogP contribution in [0.2, 0.25) is 0 Å². The van der Waals surface area contributed by atoms with Crippen molar-refractivity contribution in [3.05, 3.63) is 58.6 Å². The van der Waals surface area contributed by atoms with Crippen LogP contribution in [0.1, 0.15) is 30.7 Å². The summed E-state index contributed by atoms with van der Waals surface area (Å²) in [5.74, 6) is 1.00. The van der Waals surface area contributed by atoms with E-state index in [2.05, 4.69) is 27.4 Å². The first-order valence-electron chi connectivity index (χ1n) is 8.86. The highest BCUT2D eigenvalue weighted by Gasteiger charge is 2.44. The summed E-state index contributed by atoms with van der Waals surface area (Å²) in [5.41, 5.74) is 1.06. The fourth-order valence-electron chi connectivity index (χ4n) is 3.72. The number of nitrogens with one attached hydrogen (secondary N) is 2. The molecule has 2 aromatic rings. The van der Waals surface area contributed by atoms with Gasteiger partial charge < -0.3 is 15.2 Å². The maximum absolute atomic E-state index is 12.6. The lowest BCUT2D eigenvalue weighted by molar-refractivity contribution is -0.123. The van der Waals surface area contributed by atoms with Gasteiger partial charge in [0, 0.05) is 37.4 Å². The number of rotatable bonds is 4. The van der Waals surface area contributed by atoms with E-state index in [1.807, 2.05) is 23.1 Å². The van der Waals surface area contributed by atoms with Crippen molar-refractivity contribution in [2.24, 2.45) is 5.92 Å². The van der Waals surface area contributed by atoms with Gasteiger partial charge in [0.25, 0.3) is 5.56 Å². The number of carbonyl (C=O) groups is 1. The first-order valence-corrected chi connectivity index (χ1v) is 8.86. The molecular formula is C19H22N4O2. The molecule has 1 saturated heterocycles. The van der Waals surface area contributed by atoms with Gasteiger partial charge in [-0.1, -0.05) is 30.3 Å². The molecule has 1 aliphatic carbocycles. The first kappa shape index (κ1) is 15.9. The third-order valence-electron chi connectivity index (χ3n) is 5.11. The van der Waals surface area contributed by atoms with E-state index in [0.717, 1.165) is 25.8 Å². The fourth-order valence-corrected chi connectivity index (χ4v) is 3.72. The maximum atomic E-state index is 12.6. The van der Waals surface area contributed by atoms with Gasteiger partial charge in [-0.3, -0.25) is 9.59 Å². The van der Waals surface area contributed by atoms with Gasteiger partial charge in [-0.2, -0.15) is 0 Å². The summed E-state index contributed by atoms with van der Waals surface area (Å²) in [4.78, 5) is 33.3. The monoisotopic (exact) mass is 338 g/mol. The number of piperidine rings is 1. The van der Waals surface area contributed by atoms with Crippen molar-refractivity contribution in [2.45, 2.75) is 31.2 Å². The molecule has 130 valence electrons. The number of nitrogens with zero attached hydrogens (tertiary/aromatic N) is 2. The Balaban J connectivity index is 1.36. The van der Waals surface area contributed by atoms with Crippen molar-refractivity contribution >= 4 is 11.7 Å². The van der Waals surface area contributed by atoms with E-state index in [1.165, 1.54) is 11.8 Å². The molecule has 0 spiro atoms. The van der Waals surface area contributed by atoms with E-state index in [9.17, 15) is 9.59 Å². The van der Waals surface area contributed by atoms with Crippen LogP contribution in [0.3, 0.4) is 0 Å². The number of amides is 1. The van der Waals surface area contributed by atoms with Crippen LogP contribution in [0.15, 0.2) is 47.5 Å². The van der Waals surface area contributed by atoms with Crippen LogP contribution in [-0.4, -0.2) is 35.0 Å². The van der Waals surface area contributed by atoms with Crippen LogP contribution < -0.4 is 15.8 Å². The quantitative estimate of drug-likeness (QED) is 0.889. The Kier molecular flexibility index (Phi) is 4.26.